The number of nitrogens with zero attached hydrogens (tertiary/aromatic N) is 1. The second-order valence-electron chi connectivity index (χ2n) is 4.36. The molecule has 0 aromatic heterocycles. The Hall–Kier alpha value is -2.27. The normalized spacial score (nSPS) is 14.0. The van der Waals surface area contributed by atoms with Gasteiger partial charge in [0.15, 0.2) is 0 Å². The first-order valence-electron chi connectivity index (χ1n) is 6.47. The average Bonchev–Trinajstić information content (AvgIpc) is 2.73. The van der Waals surface area contributed by atoms with Crippen LogP contribution in [-0.2, 0) is 9.53 Å². The predicted molar refractivity (Wildman–Crippen MR) is 84.1 cm³/mol. The third kappa shape index (κ3) is 3.25. The molecule has 5 nitrogen and oxygen atoms in total. The molecule has 0 atom stereocenters. The van der Waals surface area contributed by atoms with Gasteiger partial charge >= 0.3 is 5.97 Å². The van der Waals surface area contributed by atoms with Crippen molar-refractivity contribution in [3.63, 3.8) is 0 Å². The summed E-state index contributed by atoms with van der Waals surface area (Å²) in [5.41, 5.74) is 8.06. The van der Waals surface area contributed by atoms with E-state index < -0.39 is 5.97 Å². The van der Waals surface area contributed by atoms with E-state index in [4.69, 9.17) is 16.3 Å². The number of hydrogen-bond acceptors (Lipinski definition) is 5. The molecular formula is C15H16ClN3O2. The topological polar surface area (TPSA) is 62.7 Å². The summed E-state index contributed by atoms with van der Waals surface area (Å²) in [5.74, 6) is 0.0984. The quantitative estimate of drug-likeness (QED) is 0.663. The van der Waals surface area contributed by atoms with Gasteiger partial charge in [-0.2, -0.15) is 0 Å². The van der Waals surface area contributed by atoms with Gasteiger partial charge in [0.1, 0.15) is 5.84 Å². The number of carbonyl (C=O) groups excluding carboxylic acids is 1. The molecule has 0 saturated heterocycles. The van der Waals surface area contributed by atoms with Crippen LogP contribution in [0.2, 0.25) is 5.02 Å². The molecule has 1 heterocycles. The minimum Gasteiger partial charge on any atom is -0.462 e. The van der Waals surface area contributed by atoms with E-state index in [1.807, 2.05) is 18.2 Å². The Kier molecular flexibility index (Phi) is 4.65. The standard InChI is InChI=1S/C15H16ClN3O2/c1-4-21-15(20)13-9(2)14(17-10(13)3)19-18-12-8-6-5-7-11(12)16/h5-8,18H,3-4H2,1-2H3,(H,17,19). The van der Waals surface area contributed by atoms with Gasteiger partial charge < -0.3 is 4.74 Å². The molecule has 1 aliphatic rings. The Balaban J connectivity index is 2.11. The van der Waals surface area contributed by atoms with Gasteiger partial charge in [0.25, 0.3) is 0 Å². The molecule has 2 N–H and O–H groups in total. The third-order valence-electron chi connectivity index (χ3n) is 2.93. The van der Waals surface area contributed by atoms with Crippen molar-refractivity contribution < 1.29 is 9.53 Å². The Bertz CT molecular complexity index is 650. The summed E-state index contributed by atoms with van der Waals surface area (Å²) in [5, 5.41) is 0.578. The second kappa shape index (κ2) is 6.45. The maximum Gasteiger partial charge on any atom is 0.340 e. The molecule has 0 fully saturated rings. The lowest BCUT2D eigenvalue weighted by molar-refractivity contribution is -0.138. The first-order chi connectivity index (χ1) is 10.0. The third-order valence-corrected chi connectivity index (χ3v) is 3.26. The van der Waals surface area contributed by atoms with Crippen molar-refractivity contribution in [1.29, 1.82) is 0 Å². The summed E-state index contributed by atoms with van der Waals surface area (Å²) in [4.78, 5) is 16.1. The molecule has 6 heteroatoms. The number of rotatable bonds is 4. The molecule has 0 spiro atoms. The number of aliphatic imine (C=N–C) groups is 1. The lowest BCUT2D eigenvalue weighted by Crippen LogP contribution is -2.29. The second-order valence-corrected chi connectivity index (χ2v) is 4.76. The molecule has 0 aliphatic carbocycles. The molecule has 2 rings (SSSR count). The average molecular weight is 306 g/mol. The molecule has 21 heavy (non-hydrogen) atoms. The van der Waals surface area contributed by atoms with E-state index in [1.54, 1.807) is 19.9 Å². The van der Waals surface area contributed by atoms with Gasteiger partial charge in [-0.3, -0.25) is 10.9 Å². The molecule has 0 unspecified atom stereocenters. The van der Waals surface area contributed by atoms with Crippen LogP contribution in [0.5, 0.6) is 0 Å². The van der Waals surface area contributed by atoms with Crippen molar-refractivity contribution >= 4 is 29.1 Å². The van der Waals surface area contributed by atoms with Gasteiger partial charge in [0.05, 0.1) is 28.6 Å². The molecular weight excluding hydrogens is 290 g/mol. The maximum atomic E-state index is 11.9. The van der Waals surface area contributed by atoms with Gasteiger partial charge in [-0.1, -0.05) is 30.3 Å². The van der Waals surface area contributed by atoms with E-state index in [1.165, 1.54) is 0 Å². The molecule has 110 valence electrons. The van der Waals surface area contributed by atoms with E-state index in [0.29, 0.717) is 40.0 Å². The number of amidine groups is 1. The van der Waals surface area contributed by atoms with Crippen molar-refractivity contribution in [2.45, 2.75) is 13.8 Å². The number of hydrogen-bond donors (Lipinski definition) is 2. The number of ether oxygens (including phenoxy) is 1. The zero-order valence-corrected chi connectivity index (χ0v) is 12.6. The monoisotopic (exact) mass is 305 g/mol. The zero-order valence-electron chi connectivity index (χ0n) is 11.9. The molecule has 1 aromatic carbocycles. The molecule has 0 bridgehead atoms. The Labute approximate surface area is 128 Å². The first-order valence-corrected chi connectivity index (χ1v) is 6.85. The number of benzene rings is 1. The Morgan fingerprint density at radius 3 is 2.76 bits per heavy atom. The van der Waals surface area contributed by atoms with Gasteiger partial charge in [-0.15, -0.1) is 0 Å². The number of halogens is 1. The van der Waals surface area contributed by atoms with Gasteiger partial charge in [-0.25, -0.2) is 9.79 Å². The van der Waals surface area contributed by atoms with Crippen LogP contribution in [-0.4, -0.2) is 18.4 Å². The fraction of sp³-hybridized carbons (Fsp3) is 0.200. The molecule has 1 aromatic rings. The van der Waals surface area contributed by atoms with Crippen molar-refractivity contribution in [2.75, 3.05) is 12.0 Å². The highest BCUT2D eigenvalue weighted by Crippen LogP contribution is 2.25. The highest BCUT2D eigenvalue weighted by molar-refractivity contribution is 6.33. The summed E-state index contributed by atoms with van der Waals surface area (Å²) in [6.45, 7) is 7.62. The SMILES string of the molecule is C=C1N=C(NNc2ccccc2Cl)C(C)=C1C(=O)OCC. The number of carbonyl (C=O) groups is 1. The van der Waals surface area contributed by atoms with E-state index in [-0.39, 0.29) is 0 Å². The van der Waals surface area contributed by atoms with E-state index in [2.05, 4.69) is 22.4 Å². The van der Waals surface area contributed by atoms with Crippen LogP contribution in [0.3, 0.4) is 0 Å². The number of nitrogens with one attached hydrogen (secondary N) is 2. The molecule has 0 amide bonds. The van der Waals surface area contributed by atoms with Crippen molar-refractivity contribution in [1.82, 2.24) is 5.43 Å². The van der Waals surface area contributed by atoms with Crippen LogP contribution in [0.4, 0.5) is 5.69 Å². The van der Waals surface area contributed by atoms with Crippen LogP contribution in [0.1, 0.15) is 13.8 Å². The number of para-hydroxylation sites is 1. The van der Waals surface area contributed by atoms with Gasteiger partial charge in [0, 0.05) is 5.57 Å². The Morgan fingerprint density at radius 1 is 1.38 bits per heavy atom. The molecule has 0 saturated carbocycles. The largest absolute Gasteiger partial charge is 0.462 e. The number of anilines is 1. The predicted octanol–water partition coefficient (Wildman–Crippen LogP) is 3.06. The van der Waals surface area contributed by atoms with Crippen molar-refractivity contribution in [3.8, 4) is 0 Å². The number of esters is 1. The van der Waals surface area contributed by atoms with Crippen LogP contribution in [0.25, 0.3) is 0 Å². The highest BCUT2D eigenvalue weighted by atomic mass is 35.5. The lowest BCUT2D eigenvalue weighted by atomic mass is 10.1. The fourth-order valence-electron chi connectivity index (χ4n) is 1.89. The molecule has 1 aliphatic heterocycles. The number of hydrazine groups is 1. The van der Waals surface area contributed by atoms with E-state index in [9.17, 15) is 4.79 Å². The smallest absolute Gasteiger partial charge is 0.340 e. The summed E-state index contributed by atoms with van der Waals surface area (Å²) < 4.78 is 5.00. The first kappa shape index (κ1) is 15.1. The summed E-state index contributed by atoms with van der Waals surface area (Å²) in [6.07, 6.45) is 0. The Morgan fingerprint density at radius 2 is 2.10 bits per heavy atom. The fourth-order valence-corrected chi connectivity index (χ4v) is 2.08. The minimum atomic E-state index is -0.418. The van der Waals surface area contributed by atoms with Crippen LogP contribution in [0, 0.1) is 0 Å². The van der Waals surface area contributed by atoms with Crippen LogP contribution < -0.4 is 10.9 Å². The van der Waals surface area contributed by atoms with Crippen LogP contribution in [0.15, 0.2) is 52.7 Å². The van der Waals surface area contributed by atoms with Crippen molar-refractivity contribution in [3.05, 3.63) is 52.7 Å². The summed E-state index contributed by atoms with van der Waals surface area (Å²) in [6, 6.07) is 7.29. The molecule has 0 radical (unpaired) electrons. The van der Waals surface area contributed by atoms with Gasteiger partial charge in [0.2, 0.25) is 0 Å². The summed E-state index contributed by atoms with van der Waals surface area (Å²) in [7, 11) is 0. The van der Waals surface area contributed by atoms with Gasteiger partial charge in [-0.05, 0) is 26.0 Å². The highest BCUT2D eigenvalue weighted by Gasteiger charge is 2.26. The van der Waals surface area contributed by atoms with E-state index in [0.717, 1.165) is 0 Å². The lowest BCUT2D eigenvalue weighted by Gasteiger charge is -2.11. The minimum absolute atomic E-state index is 0.309. The van der Waals surface area contributed by atoms with Crippen molar-refractivity contribution in [2.24, 2.45) is 4.99 Å². The maximum absolute atomic E-state index is 11.9. The van der Waals surface area contributed by atoms with E-state index >= 15 is 0 Å². The summed E-state index contributed by atoms with van der Waals surface area (Å²) >= 11 is 6.05. The van der Waals surface area contributed by atoms with Crippen LogP contribution >= 0.6 is 11.6 Å². The zero-order chi connectivity index (χ0) is 15.4.